The molecule has 3 heteroatoms. The maximum Gasteiger partial charge on any atom is 0.0217 e. The second-order valence-corrected chi connectivity index (χ2v) is 6.40. The van der Waals surface area contributed by atoms with Crippen LogP contribution in [0.2, 0.25) is 0 Å². The normalized spacial score (nSPS) is 10.7. The molecule has 0 saturated carbocycles. The molecule has 1 N–H and O–H groups in total. The second-order valence-electron chi connectivity index (χ2n) is 4.40. The van der Waals surface area contributed by atoms with E-state index in [0.717, 1.165) is 17.6 Å². The Kier molecular flexibility index (Phi) is 5.49. The predicted molar refractivity (Wildman–Crippen MR) is 86.8 cm³/mol. The summed E-state index contributed by atoms with van der Waals surface area (Å²) in [6.07, 6.45) is 0. The summed E-state index contributed by atoms with van der Waals surface area (Å²) < 4.78 is 1.13. The van der Waals surface area contributed by atoms with E-state index in [1.165, 1.54) is 20.9 Å². The number of hydrogen-bond acceptors (Lipinski definition) is 2. The highest BCUT2D eigenvalue weighted by Gasteiger charge is 2.06. The molecular weight excluding hydrogens is 318 g/mol. The first-order valence-corrected chi connectivity index (χ1v) is 8.04. The molecule has 0 aliphatic carbocycles. The van der Waals surface area contributed by atoms with Crippen LogP contribution in [0, 0.1) is 6.92 Å². The minimum absolute atomic E-state index is 0.907. The summed E-state index contributed by atoms with van der Waals surface area (Å²) in [5.74, 6) is 0. The SMILES string of the molecule is CCNCc1cc(Br)ccc1Sc1ccccc1C. The summed E-state index contributed by atoms with van der Waals surface area (Å²) in [5, 5.41) is 3.40. The summed E-state index contributed by atoms with van der Waals surface area (Å²) in [6, 6.07) is 15.0. The molecule has 0 fully saturated rings. The van der Waals surface area contributed by atoms with Gasteiger partial charge in [0, 0.05) is 20.8 Å². The Hall–Kier alpha value is -0.770. The molecule has 0 saturated heterocycles. The fraction of sp³-hybridized carbons (Fsp3) is 0.250. The molecule has 0 unspecified atom stereocenters. The molecule has 0 amide bonds. The number of benzene rings is 2. The molecule has 0 aliphatic rings. The van der Waals surface area contributed by atoms with Gasteiger partial charge in [0.05, 0.1) is 0 Å². The molecule has 0 radical (unpaired) electrons. The molecule has 100 valence electrons. The van der Waals surface area contributed by atoms with Gasteiger partial charge < -0.3 is 5.32 Å². The lowest BCUT2D eigenvalue weighted by Gasteiger charge is -2.11. The number of halogens is 1. The van der Waals surface area contributed by atoms with Gasteiger partial charge in [0.15, 0.2) is 0 Å². The minimum atomic E-state index is 0.907. The van der Waals surface area contributed by atoms with E-state index in [4.69, 9.17) is 0 Å². The van der Waals surface area contributed by atoms with Crippen molar-refractivity contribution >= 4 is 27.7 Å². The van der Waals surface area contributed by atoms with Crippen molar-refractivity contribution < 1.29 is 0 Å². The average molecular weight is 336 g/mol. The van der Waals surface area contributed by atoms with E-state index >= 15 is 0 Å². The minimum Gasteiger partial charge on any atom is -0.313 e. The molecule has 2 aromatic carbocycles. The molecule has 2 rings (SSSR count). The van der Waals surface area contributed by atoms with Crippen LogP contribution in [0.15, 0.2) is 56.7 Å². The van der Waals surface area contributed by atoms with Gasteiger partial charge in [-0.25, -0.2) is 0 Å². The Morgan fingerprint density at radius 3 is 2.63 bits per heavy atom. The Bertz CT molecular complexity index is 554. The summed E-state index contributed by atoms with van der Waals surface area (Å²) in [4.78, 5) is 2.64. The third-order valence-electron chi connectivity index (χ3n) is 2.90. The van der Waals surface area contributed by atoms with Crippen LogP contribution in [0.25, 0.3) is 0 Å². The first-order chi connectivity index (χ1) is 9.20. The second kappa shape index (κ2) is 7.13. The van der Waals surface area contributed by atoms with E-state index in [9.17, 15) is 0 Å². The molecule has 1 nitrogen and oxygen atoms in total. The highest BCUT2D eigenvalue weighted by atomic mass is 79.9. The molecule has 0 bridgehead atoms. The number of rotatable bonds is 5. The van der Waals surface area contributed by atoms with Gasteiger partial charge in [-0.15, -0.1) is 0 Å². The van der Waals surface area contributed by atoms with Gasteiger partial charge in [-0.3, -0.25) is 0 Å². The summed E-state index contributed by atoms with van der Waals surface area (Å²) in [6.45, 7) is 6.18. The highest BCUT2D eigenvalue weighted by Crippen LogP contribution is 2.33. The van der Waals surface area contributed by atoms with Crippen LogP contribution < -0.4 is 5.32 Å². The molecule has 0 atom stereocenters. The van der Waals surface area contributed by atoms with Gasteiger partial charge >= 0.3 is 0 Å². The first-order valence-electron chi connectivity index (χ1n) is 6.43. The van der Waals surface area contributed by atoms with Crippen LogP contribution in [0.3, 0.4) is 0 Å². The van der Waals surface area contributed by atoms with Crippen molar-refractivity contribution in [3.63, 3.8) is 0 Å². The molecule has 0 aromatic heterocycles. The Labute approximate surface area is 127 Å². The quantitative estimate of drug-likeness (QED) is 0.823. The van der Waals surface area contributed by atoms with Gasteiger partial charge in [0.1, 0.15) is 0 Å². The van der Waals surface area contributed by atoms with Crippen LogP contribution in [-0.2, 0) is 6.54 Å². The zero-order valence-corrected chi connectivity index (χ0v) is 13.6. The van der Waals surface area contributed by atoms with Crippen molar-refractivity contribution in [2.75, 3.05) is 6.54 Å². The van der Waals surface area contributed by atoms with Crippen molar-refractivity contribution in [1.82, 2.24) is 5.32 Å². The maximum absolute atomic E-state index is 3.55. The van der Waals surface area contributed by atoms with Gasteiger partial charge in [-0.05, 0) is 48.9 Å². The van der Waals surface area contributed by atoms with Crippen molar-refractivity contribution in [2.45, 2.75) is 30.2 Å². The molecule has 19 heavy (non-hydrogen) atoms. The first kappa shape index (κ1) is 14.6. The van der Waals surface area contributed by atoms with Crippen molar-refractivity contribution in [2.24, 2.45) is 0 Å². The largest absolute Gasteiger partial charge is 0.313 e. The third-order valence-corrected chi connectivity index (χ3v) is 4.69. The van der Waals surface area contributed by atoms with Crippen LogP contribution in [0.5, 0.6) is 0 Å². The van der Waals surface area contributed by atoms with Crippen molar-refractivity contribution in [3.8, 4) is 0 Å². The number of nitrogens with one attached hydrogen (secondary N) is 1. The topological polar surface area (TPSA) is 12.0 Å². The van der Waals surface area contributed by atoms with Gasteiger partial charge in [-0.1, -0.05) is 52.8 Å². The standard InChI is InChI=1S/C16H18BrNS/c1-3-18-11-13-10-14(17)8-9-16(13)19-15-7-5-4-6-12(15)2/h4-10,18H,3,11H2,1-2H3. The third kappa shape index (κ3) is 4.10. The monoisotopic (exact) mass is 335 g/mol. The Balaban J connectivity index is 2.26. The fourth-order valence-corrected chi connectivity index (χ4v) is 3.25. The van der Waals surface area contributed by atoms with E-state index in [-0.39, 0.29) is 0 Å². The number of hydrogen-bond donors (Lipinski definition) is 1. The van der Waals surface area contributed by atoms with E-state index in [0.29, 0.717) is 0 Å². The average Bonchev–Trinajstić information content (AvgIpc) is 2.41. The van der Waals surface area contributed by atoms with Crippen LogP contribution in [0.4, 0.5) is 0 Å². The van der Waals surface area contributed by atoms with Crippen LogP contribution >= 0.6 is 27.7 Å². The van der Waals surface area contributed by atoms with E-state index in [2.05, 4.69) is 77.6 Å². The van der Waals surface area contributed by atoms with Gasteiger partial charge in [-0.2, -0.15) is 0 Å². The lowest BCUT2D eigenvalue weighted by molar-refractivity contribution is 0.717. The molecule has 0 spiro atoms. The maximum atomic E-state index is 3.55. The van der Waals surface area contributed by atoms with E-state index in [1.54, 1.807) is 0 Å². The number of aryl methyl sites for hydroxylation is 1. The lowest BCUT2D eigenvalue weighted by Crippen LogP contribution is -2.12. The van der Waals surface area contributed by atoms with Crippen molar-refractivity contribution in [1.29, 1.82) is 0 Å². The molecular formula is C16H18BrNS. The van der Waals surface area contributed by atoms with Gasteiger partial charge in [0.2, 0.25) is 0 Å². The summed E-state index contributed by atoms with van der Waals surface area (Å²) >= 11 is 5.39. The Morgan fingerprint density at radius 2 is 1.89 bits per heavy atom. The molecule has 2 aromatic rings. The fourth-order valence-electron chi connectivity index (χ4n) is 1.83. The van der Waals surface area contributed by atoms with Crippen LogP contribution in [0.1, 0.15) is 18.1 Å². The lowest BCUT2D eigenvalue weighted by atomic mass is 10.2. The summed E-state index contributed by atoms with van der Waals surface area (Å²) in [5.41, 5.74) is 2.66. The van der Waals surface area contributed by atoms with E-state index < -0.39 is 0 Å². The van der Waals surface area contributed by atoms with Crippen LogP contribution in [-0.4, -0.2) is 6.54 Å². The van der Waals surface area contributed by atoms with E-state index in [1.807, 2.05) is 11.8 Å². The highest BCUT2D eigenvalue weighted by molar-refractivity contribution is 9.10. The zero-order chi connectivity index (χ0) is 13.7. The molecule has 0 heterocycles. The molecule has 0 aliphatic heterocycles. The Morgan fingerprint density at radius 1 is 1.11 bits per heavy atom. The zero-order valence-electron chi connectivity index (χ0n) is 11.2. The van der Waals surface area contributed by atoms with Gasteiger partial charge in [0.25, 0.3) is 0 Å². The smallest absolute Gasteiger partial charge is 0.0217 e. The van der Waals surface area contributed by atoms with Crippen molar-refractivity contribution in [3.05, 3.63) is 58.1 Å². The summed E-state index contributed by atoms with van der Waals surface area (Å²) in [7, 11) is 0. The predicted octanol–water partition coefficient (Wildman–Crippen LogP) is 5.02.